The first kappa shape index (κ1) is 22.9. The molecule has 0 saturated heterocycles. The van der Waals surface area contributed by atoms with Crippen LogP contribution in [0.15, 0.2) is 55.0 Å². The van der Waals surface area contributed by atoms with Crippen LogP contribution in [0.1, 0.15) is 35.4 Å². The predicted molar refractivity (Wildman–Crippen MR) is 140 cm³/mol. The van der Waals surface area contributed by atoms with Crippen LogP contribution in [0.2, 0.25) is 0 Å². The molecule has 192 valence electrons. The highest BCUT2D eigenvalue weighted by Crippen LogP contribution is 2.67. The van der Waals surface area contributed by atoms with Crippen LogP contribution in [0, 0.1) is 18.2 Å². The number of nitrogens with zero attached hydrogens (tertiary/aromatic N) is 5. The number of rotatable bonds is 6. The Morgan fingerprint density at radius 3 is 2.55 bits per heavy atom. The van der Waals surface area contributed by atoms with E-state index in [0.29, 0.717) is 22.6 Å². The lowest BCUT2D eigenvalue weighted by Gasteiger charge is -2.70. The Kier molecular flexibility index (Phi) is 4.72. The maximum atomic E-state index is 13.8. The first-order chi connectivity index (χ1) is 18.3. The van der Waals surface area contributed by atoms with Gasteiger partial charge in [-0.2, -0.15) is 0 Å². The van der Waals surface area contributed by atoms with Crippen molar-refractivity contribution in [3.63, 3.8) is 0 Å². The van der Waals surface area contributed by atoms with Gasteiger partial charge >= 0.3 is 0 Å². The number of hydrogen-bond donors (Lipinski definition) is 2. The Labute approximate surface area is 217 Å². The molecule has 0 spiro atoms. The number of ether oxygens (including phenoxy) is 1. The Hall–Kier alpha value is -4.31. The normalized spacial score (nSPS) is 21.9. The number of hydrogen-bond acceptors (Lipinski definition) is 6. The molecule has 0 unspecified atom stereocenters. The van der Waals surface area contributed by atoms with E-state index in [1.165, 1.54) is 12.1 Å². The van der Waals surface area contributed by atoms with Gasteiger partial charge in [0.15, 0.2) is 11.5 Å². The van der Waals surface area contributed by atoms with Gasteiger partial charge in [-0.15, -0.1) is 0 Å². The molecular weight excluding hydrogens is 485 g/mol. The molecule has 4 heterocycles. The number of carbonyl (C=O) groups is 1. The van der Waals surface area contributed by atoms with Crippen molar-refractivity contribution in [2.45, 2.75) is 31.7 Å². The summed E-state index contributed by atoms with van der Waals surface area (Å²) in [5.74, 6) is -0.409. The zero-order chi connectivity index (χ0) is 26.2. The number of carbonyl (C=O) groups excluding carboxylic acids is 1. The molecule has 3 fully saturated rings. The monoisotopic (exact) mass is 511 g/mol. The molecular formula is C28H26FN7O2. The fourth-order valence-corrected chi connectivity index (χ4v) is 6.40. The summed E-state index contributed by atoms with van der Waals surface area (Å²) in [4.78, 5) is 27.0. The average molecular weight is 512 g/mol. The molecule has 9 nitrogen and oxygen atoms in total. The molecule has 3 saturated carbocycles. The number of imidazole rings is 2. The van der Waals surface area contributed by atoms with Gasteiger partial charge in [0.25, 0.3) is 5.91 Å². The molecule has 1 amide bonds. The van der Waals surface area contributed by atoms with Gasteiger partial charge in [0.1, 0.15) is 17.2 Å². The third kappa shape index (κ3) is 3.33. The Morgan fingerprint density at radius 2 is 1.82 bits per heavy atom. The van der Waals surface area contributed by atoms with Crippen molar-refractivity contribution < 1.29 is 13.9 Å². The van der Waals surface area contributed by atoms with E-state index in [-0.39, 0.29) is 34.2 Å². The van der Waals surface area contributed by atoms with Crippen LogP contribution in [-0.4, -0.2) is 48.9 Å². The van der Waals surface area contributed by atoms with Crippen LogP contribution in [0.5, 0.6) is 0 Å². The Balaban J connectivity index is 1.35. The van der Waals surface area contributed by atoms with Gasteiger partial charge in [-0.05, 0) is 62.6 Å². The summed E-state index contributed by atoms with van der Waals surface area (Å²) in [6.07, 6.45) is 8.22. The minimum atomic E-state index is -0.345. The fourth-order valence-electron chi connectivity index (χ4n) is 6.40. The van der Waals surface area contributed by atoms with Crippen molar-refractivity contribution >= 4 is 23.0 Å². The first-order valence-corrected chi connectivity index (χ1v) is 12.5. The lowest BCUT2D eigenvalue weighted by atomic mass is 9.39. The predicted octanol–water partition coefficient (Wildman–Crippen LogP) is 4.04. The van der Waals surface area contributed by atoms with Gasteiger partial charge in [0, 0.05) is 53.5 Å². The zero-order valence-corrected chi connectivity index (χ0v) is 21.0. The Bertz CT molecular complexity index is 1740. The minimum Gasteiger partial charge on any atom is -0.384 e. The van der Waals surface area contributed by atoms with Crippen LogP contribution in [0.4, 0.5) is 10.2 Å². The largest absolute Gasteiger partial charge is 0.384 e. The smallest absolute Gasteiger partial charge is 0.271 e. The second-order valence-corrected chi connectivity index (χ2v) is 10.8. The van der Waals surface area contributed by atoms with E-state index < -0.39 is 0 Å². The zero-order valence-electron chi connectivity index (χ0n) is 21.0. The van der Waals surface area contributed by atoms with Crippen molar-refractivity contribution in [2.75, 3.05) is 19.5 Å². The molecule has 3 aliphatic carbocycles. The van der Waals surface area contributed by atoms with Gasteiger partial charge in [-0.25, -0.2) is 19.3 Å². The number of nitrogens with one attached hydrogen (secondary N) is 1. The summed E-state index contributed by atoms with van der Waals surface area (Å²) in [5.41, 5.74) is 11.6. The number of amides is 1. The molecule has 3 N–H and O–H groups in total. The van der Waals surface area contributed by atoms with Crippen molar-refractivity contribution in [1.82, 2.24) is 29.1 Å². The highest BCUT2D eigenvalue weighted by Gasteiger charge is 2.68. The van der Waals surface area contributed by atoms with Crippen LogP contribution < -0.4 is 11.1 Å². The molecule has 1 aromatic carbocycles. The molecule has 10 heteroatoms. The van der Waals surface area contributed by atoms with Crippen molar-refractivity contribution in [1.29, 1.82) is 0 Å². The third-order valence-electron chi connectivity index (χ3n) is 7.92. The molecule has 0 atom stereocenters. The van der Waals surface area contributed by atoms with E-state index in [0.717, 1.165) is 42.8 Å². The van der Waals surface area contributed by atoms with E-state index >= 15 is 0 Å². The number of fused-ring (bicyclic) bond motifs is 2. The summed E-state index contributed by atoms with van der Waals surface area (Å²) in [6, 6.07) is 9.96. The average Bonchev–Trinajstić information content (AvgIpc) is 3.47. The van der Waals surface area contributed by atoms with E-state index in [1.807, 2.05) is 29.7 Å². The SMILES string of the molecule is COCC12CC(NC(=O)c3cn4c(-c5ccc6ncc(C)n6c5)c(-c5ccc(F)cc5)nc(N)c4n3)(C1)C2. The van der Waals surface area contributed by atoms with Crippen molar-refractivity contribution in [3.05, 3.63) is 72.2 Å². The van der Waals surface area contributed by atoms with E-state index in [4.69, 9.17) is 10.5 Å². The van der Waals surface area contributed by atoms with E-state index in [9.17, 15) is 9.18 Å². The number of nitrogen functional groups attached to an aromatic ring is 1. The Morgan fingerprint density at radius 1 is 1.08 bits per heavy atom. The molecule has 2 bridgehead atoms. The summed E-state index contributed by atoms with van der Waals surface area (Å²) in [6.45, 7) is 2.69. The fraction of sp³-hybridized carbons (Fsp3) is 0.286. The van der Waals surface area contributed by atoms with Gasteiger partial charge in [0.05, 0.1) is 18.0 Å². The highest BCUT2D eigenvalue weighted by atomic mass is 19.1. The number of aromatic nitrogens is 5. The van der Waals surface area contributed by atoms with Crippen LogP contribution >= 0.6 is 0 Å². The van der Waals surface area contributed by atoms with Crippen LogP contribution in [0.25, 0.3) is 33.8 Å². The maximum Gasteiger partial charge on any atom is 0.271 e. The lowest BCUT2D eigenvalue weighted by Crippen LogP contribution is -2.75. The molecule has 4 aromatic heterocycles. The number of nitrogens with two attached hydrogens (primary N) is 1. The van der Waals surface area contributed by atoms with E-state index in [1.54, 1.807) is 36.0 Å². The van der Waals surface area contributed by atoms with Gasteiger partial charge in [-0.1, -0.05) is 0 Å². The number of halogens is 1. The number of benzene rings is 1. The summed E-state index contributed by atoms with van der Waals surface area (Å²) >= 11 is 0. The maximum absolute atomic E-state index is 13.8. The van der Waals surface area contributed by atoms with Gasteiger partial charge in [0.2, 0.25) is 0 Å². The van der Waals surface area contributed by atoms with Gasteiger partial charge in [-0.3, -0.25) is 9.20 Å². The number of pyridine rings is 1. The number of anilines is 1. The quantitative estimate of drug-likeness (QED) is 0.356. The molecule has 3 aliphatic rings. The molecule has 8 rings (SSSR count). The second-order valence-electron chi connectivity index (χ2n) is 10.8. The third-order valence-corrected chi connectivity index (χ3v) is 7.92. The summed E-state index contributed by atoms with van der Waals surface area (Å²) in [5, 5.41) is 3.19. The molecule has 5 aromatic rings. The van der Waals surface area contributed by atoms with Crippen LogP contribution in [-0.2, 0) is 4.74 Å². The number of aryl methyl sites for hydroxylation is 1. The highest BCUT2D eigenvalue weighted by molar-refractivity contribution is 5.95. The topological polar surface area (TPSA) is 112 Å². The van der Waals surface area contributed by atoms with Gasteiger partial charge < -0.3 is 20.2 Å². The molecule has 0 aliphatic heterocycles. The van der Waals surface area contributed by atoms with Crippen molar-refractivity contribution in [2.24, 2.45) is 5.41 Å². The second kappa shape index (κ2) is 7.84. The first-order valence-electron chi connectivity index (χ1n) is 12.5. The molecule has 0 radical (unpaired) electrons. The van der Waals surface area contributed by atoms with Crippen molar-refractivity contribution in [3.8, 4) is 22.5 Å². The standard InChI is InChI=1S/C28H26FN7O2/c1-16-9-31-21-8-5-18(10-35(16)21)23-22(17-3-6-19(29)7-4-17)33-24(30)25-32-20(11-36(23)25)26(37)34-28-12-27(13-28,14-28)15-38-2/h3-11H,12-15H2,1-2H3,(H2,30,33)(H,34,37). The lowest BCUT2D eigenvalue weighted by molar-refractivity contribution is -0.178. The molecule has 38 heavy (non-hydrogen) atoms. The number of methoxy groups -OCH3 is 1. The summed E-state index contributed by atoms with van der Waals surface area (Å²) < 4.78 is 22.9. The van der Waals surface area contributed by atoms with Crippen LogP contribution in [0.3, 0.4) is 0 Å². The minimum absolute atomic E-state index is 0.177. The van der Waals surface area contributed by atoms with E-state index in [2.05, 4.69) is 20.3 Å². The summed E-state index contributed by atoms with van der Waals surface area (Å²) in [7, 11) is 1.71.